The van der Waals surface area contributed by atoms with Crippen molar-refractivity contribution in [3.63, 3.8) is 0 Å². The second-order valence-corrected chi connectivity index (χ2v) is 9.33. The minimum atomic E-state index is 0.0585. The Kier molecular flexibility index (Phi) is 6.13. The van der Waals surface area contributed by atoms with Crippen molar-refractivity contribution < 1.29 is 9.59 Å². The molecule has 2 fully saturated rings. The third kappa shape index (κ3) is 4.54. The van der Waals surface area contributed by atoms with Crippen molar-refractivity contribution in [2.45, 2.75) is 51.4 Å². The smallest absolute Gasteiger partial charge is 0.263 e. The van der Waals surface area contributed by atoms with E-state index in [-0.39, 0.29) is 17.7 Å². The highest BCUT2D eigenvalue weighted by Crippen LogP contribution is 2.33. The van der Waals surface area contributed by atoms with Gasteiger partial charge in [0.15, 0.2) is 0 Å². The Morgan fingerprint density at radius 1 is 1.07 bits per heavy atom. The minimum absolute atomic E-state index is 0.0585. The summed E-state index contributed by atoms with van der Waals surface area (Å²) in [5, 5.41) is 3.15. The van der Waals surface area contributed by atoms with Crippen molar-refractivity contribution in [1.82, 2.24) is 15.1 Å². The van der Waals surface area contributed by atoms with Crippen LogP contribution >= 0.6 is 11.3 Å². The Hall–Kier alpha value is -1.40. The lowest BCUT2D eigenvalue weighted by atomic mass is 9.87. The lowest BCUT2D eigenvalue weighted by Gasteiger charge is -2.27. The van der Waals surface area contributed by atoms with Gasteiger partial charge in [0.1, 0.15) is 0 Å². The molecular formula is C21H31N3O2S. The number of carbonyl (C=O) groups is 2. The lowest BCUT2D eigenvalue weighted by Crippen LogP contribution is -2.40. The normalized spacial score (nSPS) is 23.3. The lowest BCUT2D eigenvalue weighted by molar-refractivity contribution is -0.125. The molecule has 1 aromatic heterocycles. The summed E-state index contributed by atoms with van der Waals surface area (Å²) in [5.41, 5.74) is 1.23. The number of fused-ring (bicyclic) bond motifs is 1. The molecule has 4 rings (SSSR count). The van der Waals surface area contributed by atoms with Gasteiger partial charge in [-0.15, -0.1) is 11.3 Å². The van der Waals surface area contributed by atoms with Crippen molar-refractivity contribution in [3.05, 3.63) is 21.4 Å². The van der Waals surface area contributed by atoms with Crippen molar-refractivity contribution in [1.29, 1.82) is 0 Å². The van der Waals surface area contributed by atoms with E-state index in [2.05, 4.69) is 16.3 Å². The van der Waals surface area contributed by atoms with E-state index >= 15 is 0 Å². The molecule has 2 amide bonds. The van der Waals surface area contributed by atoms with Crippen LogP contribution in [0.2, 0.25) is 0 Å². The summed E-state index contributed by atoms with van der Waals surface area (Å²) in [5.74, 6) is 0.439. The van der Waals surface area contributed by atoms with E-state index in [1.807, 2.05) is 4.90 Å². The van der Waals surface area contributed by atoms with Gasteiger partial charge >= 0.3 is 0 Å². The largest absolute Gasteiger partial charge is 0.355 e. The molecule has 6 heteroatoms. The molecule has 0 radical (unpaired) electrons. The van der Waals surface area contributed by atoms with Crippen molar-refractivity contribution in [2.24, 2.45) is 5.92 Å². The Balaban J connectivity index is 1.28. The molecule has 1 atom stereocenters. The molecule has 0 bridgehead atoms. The van der Waals surface area contributed by atoms with E-state index < -0.39 is 0 Å². The quantitative estimate of drug-likeness (QED) is 0.842. The van der Waals surface area contributed by atoms with Gasteiger partial charge in [-0.1, -0.05) is 6.42 Å². The maximum absolute atomic E-state index is 12.6. The summed E-state index contributed by atoms with van der Waals surface area (Å²) >= 11 is 1.65. The number of nitrogens with one attached hydrogen (secondary N) is 1. The summed E-state index contributed by atoms with van der Waals surface area (Å²) < 4.78 is 0. The van der Waals surface area contributed by atoms with E-state index in [1.165, 1.54) is 42.8 Å². The number of nitrogens with zero attached hydrogens (tertiary/aromatic N) is 2. The molecule has 0 unspecified atom stereocenters. The molecule has 27 heavy (non-hydrogen) atoms. The topological polar surface area (TPSA) is 52.7 Å². The summed E-state index contributed by atoms with van der Waals surface area (Å²) in [6.45, 7) is 5.85. The first-order chi connectivity index (χ1) is 13.2. The van der Waals surface area contributed by atoms with E-state index in [4.69, 9.17) is 0 Å². The van der Waals surface area contributed by atoms with Crippen LogP contribution in [0.4, 0.5) is 0 Å². The van der Waals surface area contributed by atoms with Crippen LogP contribution in [0.15, 0.2) is 6.07 Å². The summed E-state index contributed by atoms with van der Waals surface area (Å²) in [6.07, 6.45) is 8.78. The van der Waals surface area contributed by atoms with Crippen LogP contribution in [-0.4, -0.2) is 60.9 Å². The van der Waals surface area contributed by atoms with Crippen molar-refractivity contribution in [3.8, 4) is 0 Å². The molecule has 1 aromatic rings. The molecule has 3 aliphatic rings. The Morgan fingerprint density at radius 2 is 1.81 bits per heavy atom. The highest BCUT2D eigenvalue weighted by Gasteiger charge is 2.29. The first-order valence-corrected chi connectivity index (χ1v) is 11.4. The predicted molar refractivity (Wildman–Crippen MR) is 108 cm³/mol. The van der Waals surface area contributed by atoms with Crippen LogP contribution in [0.3, 0.4) is 0 Å². The number of hydrogen-bond acceptors (Lipinski definition) is 4. The van der Waals surface area contributed by atoms with Gasteiger partial charge in [-0.3, -0.25) is 9.59 Å². The molecule has 2 aliphatic heterocycles. The number of rotatable bonds is 5. The van der Waals surface area contributed by atoms with Gasteiger partial charge in [0.05, 0.1) is 4.88 Å². The van der Waals surface area contributed by atoms with Gasteiger partial charge in [0, 0.05) is 37.0 Å². The number of amides is 2. The third-order valence-electron chi connectivity index (χ3n) is 6.23. The number of carbonyl (C=O) groups excluding carboxylic acids is 2. The van der Waals surface area contributed by atoms with Gasteiger partial charge in [0.25, 0.3) is 5.91 Å². The second kappa shape index (κ2) is 8.74. The highest BCUT2D eigenvalue weighted by molar-refractivity contribution is 7.14. The molecular weight excluding hydrogens is 358 g/mol. The number of hydrogen-bond donors (Lipinski definition) is 1. The number of likely N-dealkylation sites (tertiary alicyclic amines) is 2. The second-order valence-electron chi connectivity index (χ2n) is 8.19. The fourth-order valence-corrected chi connectivity index (χ4v) is 5.77. The van der Waals surface area contributed by atoms with Crippen molar-refractivity contribution >= 4 is 23.2 Å². The zero-order valence-corrected chi connectivity index (χ0v) is 17.0. The molecule has 1 aliphatic carbocycles. The van der Waals surface area contributed by atoms with Crippen LogP contribution in [0, 0.1) is 5.92 Å². The Labute approximate surface area is 166 Å². The van der Waals surface area contributed by atoms with Gasteiger partial charge in [-0.2, -0.15) is 0 Å². The van der Waals surface area contributed by atoms with Gasteiger partial charge < -0.3 is 15.1 Å². The maximum Gasteiger partial charge on any atom is 0.263 e. The van der Waals surface area contributed by atoms with Crippen LogP contribution in [0.1, 0.15) is 58.6 Å². The first-order valence-electron chi connectivity index (χ1n) is 10.6. The Morgan fingerprint density at radius 3 is 2.59 bits per heavy atom. The molecule has 0 saturated carbocycles. The maximum atomic E-state index is 12.6. The average Bonchev–Trinajstić information content (AvgIpc) is 3.37. The number of piperidine rings is 1. The summed E-state index contributed by atoms with van der Waals surface area (Å²) in [4.78, 5) is 31.8. The van der Waals surface area contributed by atoms with Gasteiger partial charge in [-0.25, -0.2) is 0 Å². The molecule has 0 spiro atoms. The fraction of sp³-hybridized carbons (Fsp3) is 0.714. The van der Waals surface area contributed by atoms with E-state index in [1.54, 1.807) is 11.3 Å². The SMILES string of the molecule is O=C(NCCN1CCCCC1)[C@@H]1CCc2sc(C(=O)N3CCCC3)cc2C1. The predicted octanol–water partition coefficient (Wildman–Crippen LogP) is 2.69. The van der Waals surface area contributed by atoms with Crippen LogP contribution in [0.5, 0.6) is 0 Å². The first kappa shape index (κ1) is 18.9. The monoisotopic (exact) mass is 389 g/mol. The molecule has 3 heterocycles. The number of aryl methyl sites for hydroxylation is 1. The minimum Gasteiger partial charge on any atom is -0.355 e. The zero-order chi connectivity index (χ0) is 18.6. The standard InChI is InChI=1S/C21H31N3O2S/c25-20(22-8-13-23-9-2-1-3-10-23)16-6-7-18-17(14-16)15-19(27-18)21(26)24-11-4-5-12-24/h15-16H,1-14H2,(H,22,25)/t16-/m1/s1. The van der Waals surface area contributed by atoms with Crippen molar-refractivity contribution in [2.75, 3.05) is 39.3 Å². The molecule has 5 nitrogen and oxygen atoms in total. The molecule has 1 N–H and O–H groups in total. The van der Waals surface area contributed by atoms with Crippen LogP contribution in [-0.2, 0) is 17.6 Å². The number of thiophene rings is 1. The van der Waals surface area contributed by atoms with E-state index in [0.29, 0.717) is 0 Å². The summed E-state index contributed by atoms with van der Waals surface area (Å²) in [6, 6.07) is 2.06. The highest BCUT2D eigenvalue weighted by atomic mass is 32.1. The molecule has 148 valence electrons. The third-order valence-corrected chi connectivity index (χ3v) is 7.46. The van der Waals surface area contributed by atoms with Gasteiger partial charge in [0.2, 0.25) is 5.91 Å². The van der Waals surface area contributed by atoms with E-state index in [9.17, 15) is 9.59 Å². The van der Waals surface area contributed by atoms with E-state index in [0.717, 1.165) is 63.2 Å². The fourth-order valence-electron chi connectivity index (χ4n) is 4.59. The zero-order valence-electron chi connectivity index (χ0n) is 16.2. The average molecular weight is 390 g/mol. The van der Waals surface area contributed by atoms with Crippen LogP contribution in [0.25, 0.3) is 0 Å². The summed E-state index contributed by atoms with van der Waals surface area (Å²) in [7, 11) is 0. The van der Waals surface area contributed by atoms with Gasteiger partial charge in [-0.05, 0) is 69.7 Å². The molecule has 2 saturated heterocycles. The Bertz CT molecular complexity index is 675. The van der Waals surface area contributed by atoms with Crippen LogP contribution < -0.4 is 5.32 Å². The molecule has 0 aromatic carbocycles.